The SMILES string of the molecule is CN(C)[C@@H](CNC(=O)C1CCCCC1)c1ccco1. The van der Waals surface area contributed by atoms with E-state index in [2.05, 4.69) is 10.2 Å². The molecule has 1 heterocycles. The molecule has 1 aliphatic rings. The van der Waals surface area contributed by atoms with Crippen LogP contribution in [0.15, 0.2) is 22.8 Å². The number of rotatable bonds is 5. The van der Waals surface area contributed by atoms with E-state index in [0.29, 0.717) is 6.54 Å². The van der Waals surface area contributed by atoms with Crippen molar-refractivity contribution in [1.82, 2.24) is 10.2 Å². The summed E-state index contributed by atoms with van der Waals surface area (Å²) in [4.78, 5) is 14.2. The lowest BCUT2D eigenvalue weighted by Gasteiger charge is -2.25. The summed E-state index contributed by atoms with van der Waals surface area (Å²) in [5, 5.41) is 3.08. The summed E-state index contributed by atoms with van der Waals surface area (Å²) < 4.78 is 5.44. The third-order valence-corrected chi connectivity index (χ3v) is 3.94. The van der Waals surface area contributed by atoms with Crippen LogP contribution in [-0.2, 0) is 4.79 Å². The van der Waals surface area contributed by atoms with E-state index in [4.69, 9.17) is 4.42 Å². The molecule has 1 aromatic rings. The maximum Gasteiger partial charge on any atom is 0.223 e. The maximum absolute atomic E-state index is 12.1. The smallest absolute Gasteiger partial charge is 0.223 e. The molecule has 0 spiro atoms. The molecule has 4 nitrogen and oxygen atoms in total. The van der Waals surface area contributed by atoms with Crippen LogP contribution in [0.4, 0.5) is 0 Å². The molecule has 1 fully saturated rings. The van der Waals surface area contributed by atoms with Crippen LogP contribution in [0.5, 0.6) is 0 Å². The van der Waals surface area contributed by atoms with Gasteiger partial charge in [0.1, 0.15) is 5.76 Å². The number of furan rings is 1. The number of amides is 1. The third kappa shape index (κ3) is 3.83. The number of likely N-dealkylation sites (N-methyl/N-ethyl adjacent to an activating group) is 1. The highest BCUT2D eigenvalue weighted by molar-refractivity contribution is 5.78. The van der Waals surface area contributed by atoms with E-state index in [-0.39, 0.29) is 17.9 Å². The van der Waals surface area contributed by atoms with Crippen molar-refractivity contribution in [2.24, 2.45) is 5.92 Å². The van der Waals surface area contributed by atoms with Gasteiger partial charge in [0.15, 0.2) is 0 Å². The van der Waals surface area contributed by atoms with E-state index in [1.165, 1.54) is 19.3 Å². The predicted molar refractivity (Wildman–Crippen MR) is 74.7 cm³/mol. The summed E-state index contributed by atoms with van der Waals surface area (Å²) in [5.74, 6) is 1.32. The summed E-state index contributed by atoms with van der Waals surface area (Å²) in [6.45, 7) is 0.607. The summed E-state index contributed by atoms with van der Waals surface area (Å²) in [6.07, 6.45) is 7.41. The highest BCUT2D eigenvalue weighted by Gasteiger charge is 2.23. The van der Waals surface area contributed by atoms with Crippen molar-refractivity contribution in [3.05, 3.63) is 24.2 Å². The molecule has 1 aromatic heterocycles. The quantitative estimate of drug-likeness (QED) is 0.889. The summed E-state index contributed by atoms with van der Waals surface area (Å²) in [5.41, 5.74) is 0. The number of hydrogen-bond acceptors (Lipinski definition) is 3. The first-order valence-electron chi connectivity index (χ1n) is 7.16. The van der Waals surface area contributed by atoms with E-state index in [0.717, 1.165) is 18.6 Å². The van der Waals surface area contributed by atoms with Crippen LogP contribution in [0.25, 0.3) is 0 Å². The van der Waals surface area contributed by atoms with Gasteiger partial charge in [0, 0.05) is 12.5 Å². The molecule has 0 unspecified atom stereocenters. The molecule has 1 amide bonds. The predicted octanol–water partition coefficient (Wildman–Crippen LogP) is 2.58. The lowest BCUT2D eigenvalue weighted by molar-refractivity contribution is -0.126. The first kappa shape index (κ1) is 14.1. The molecular formula is C15H24N2O2. The molecule has 0 saturated heterocycles. The van der Waals surface area contributed by atoms with Crippen molar-refractivity contribution in [3.8, 4) is 0 Å². The topological polar surface area (TPSA) is 45.5 Å². The largest absolute Gasteiger partial charge is 0.468 e. The fraction of sp³-hybridized carbons (Fsp3) is 0.667. The molecule has 106 valence electrons. The second kappa shape index (κ2) is 6.75. The first-order valence-corrected chi connectivity index (χ1v) is 7.16. The van der Waals surface area contributed by atoms with Crippen LogP contribution in [0.1, 0.15) is 43.9 Å². The normalized spacial score (nSPS) is 18.5. The molecule has 0 bridgehead atoms. The lowest BCUT2D eigenvalue weighted by Crippen LogP contribution is -2.38. The number of hydrogen-bond donors (Lipinski definition) is 1. The van der Waals surface area contributed by atoms with E-state index in [1.54, 1.807) is 6.26 Å². The van der Waals surface area contributed by atoms with Crippen LogP contribution in [-0.4, -0.2) is 31.4 Å². The van der Waals surface area contributed by atoms with Gasteiger partial charge in [0.2, 0.25) is 5.91 Å². The van der Waals surface area contributed by atoms with Gasteiger partial charge in [-0.2, -0.15) is 0 Å². The van der Waals surface area contributed by atoms with E-state index in [1.807, 2.05) is 26.2 Å². The molecule has 4 heteroatoms. The zero-order valence-corrected chi connectivity index (χ0v) is 11.9. The molecule has 1 saturated carbocycles. The van der Waals surface area contributed by atoms with Gasteiger partial charge in [0.25, 0.3) is 0 Å². The zero-order chi connectivity index (χ0) is 13.7. The second-order valence-corrected chi connectivity index (χ2v) is 5.57. The monoisotopic (exact) mass is 264 g/mol. The average molecular weight is 264 g/mol. The van der Waals surface area contributed by atoms with Crippen LogP contribution >= 0.6 is 0 Å². The second-order valence-electron chi connectivity index (χ2n) is 5.57. The van der Waals surface area contributed by atoms with Gasteiger partial charge in [-0.3, -0.25) is 9.69 Å². The molecule has 0 aromatic carbocycles. The van der Waals surface area contributed by atoms with Gasteiger partial charge in [-0.05, 0) is 39.1 Å². The van der Waals surface area contributed by atoms with E-state index >= 15 is 0 Å². The van der Waals surface area contributed by atoms with Gasteiger partial charge in [-0.15, -0.1) is 0 Å². The molecule has 1 N–H and O–H groups in total. The molecule has 1 atom stereocenters. The van der Waals surface area contributed by atoms with Crippen LogP contribution < -0.4 is 5.32 Å². The number of nitrogens with zero attached hydrogens (tertiary/aromatic N) is 1. The van der Waals surface area contributed by atoms with Gasteiger partial charge in [-0.25, -0.2) is 0 Å². The zero-order valence-electron chi connectivity index (χ0n) is 11.9. The Morgan fingerprint density at radius 2 is 2.16 bits per heavy atom. The van der Waals surface area contributed by atoms with Crippen molar-refractivity contribution < 1.29 is 9.21 Å². The fourth-order valence-electron chi connectivity index (χ4n) is 2.72. The van der Waals surface area contributed by atoms with Crippen molar-refractivity contribution in [3.63, 3.8) is 0 Å². The molecular weight excluding hydrogens is 240 g/mol. The van der Waals surface area contributed by atoms with Gasteiger partial charge >= 0.3 is 0 Å². The van der Waals surface area contributed by atoms with E-state index in [9.17, 15) is 4.79 Å². The van der Waals surface area contributed by atoms with Crippen LogP contribution in [0.3, 0.4) is 0 Å². The molecule has 19 heavy (non-hydrogen) atoms. The highest BCUT2D eigenvalue weighted by Crippen LogP contribution is 2.24. The van der Waals surface area contributed by atoms with Crippen molar-refractivity contribution >= 4 is 5.91 Å². The van der Waals surface area contributed by atoms with Gasteiger partial charge in [0.05, 0.1) is 12.3 Å². The summed E-state index contributed by atoms with van der Waals surface area (Å²) in [7, 11) is 4.00. The Morgan fingerprint density at radius 3 is 2.74 bits per heavy atom. The lowest BCUT2D eigenvalue weighted by atomic mass is 9.88. The van der Waals surface area contributed by atoms with Crippen molar-refractivity contribution in [1.29, 1.82) is 0 Å². The Balaban J connectivity index is 1.86. The van der Waals surface area contributed by atoms with Crippen molar-refractivity contribution in [2.45, 2.75) is 38.1 Å². The molecule has 0 aliphatic heterocycles. The van der Waals surface area contributed by atoms with Crippen LogP contribution in [0, 0.1) is 5.92 Å². The first-order chi connectivity index (χ1) is 9.18. The third-order valence-electron chi connectivity index (χ3n) is 3.94. The molecule has 1 aliphatic carbocycles. The Kier molecular flexibility index (Phi) is 5.02. The Hall–Kier alpha value is -1.29. The van der Waals surface area contributed by atoms with Gasteiger partial charge in [-0.1, -0.05) is 19.3 Å². The van der Waals surface area contributed by atoms with Gasteiger partial charge < -0.3 is 9.73 Å². The minimum atomic E-state index is 0.0996. The number of carbonyl (C=O) groups excluding carboxylic acids is 1. The Morgan fingerprint density at radius 1 is 1.42 bits per heavy atom. The minimum absolute atomic E-state index is 0.0996. The molecule has 0 radical (unpaired) electrons. The number of nitrogens with one attached hydrogen (secondary N) is 1. The Bertz CT molecular complexity index is 381. The van der Waals surface area contributed by atoms with Crippen molar-refractivity contribution in [2.75, 3.05) is 20.6 Å². The summed E-state index contributed by atoms with van der Waals surface area (Å²) in [6, 6.07) is 3.94. The van der Waals surface area contributed by atoms with E-state index < -0.39 is 0 Å². The fourth-order valence-corrected chi connectivity index (χ4v) is 2.72. The number of carbonyl (C=O) groups is 1. The molecule has 2 rings (SSSR count). The highest BCUT2D eigenvalue weighted by atomic mass is 16.3. The summed E-state index contributed by atoms with van der Waals surface area (Å²) >= 11 is 0. The maximum atomic E-state index is 12.1. The van der Waals surface area contributed by atoms with Crippen LogP contribution in [0.2, 0.25) is 0 Å². The minimum Gasteiger partial charge on any atom is -0.468 e. The Labute approximate surface area is 115 Å². The average Bonchev–Trinajstić information content (AvgIpc) is 2.93. The standard InChI is InChI=1S/C15H24N2O2/c1-17(2)13(14-9-6-10-19-14)11-16-15(18)12-7-4-3-5-8-12/h6,9-10,12-13H,3-5,7-8,11H2,1-2H3,(H,16,18)/t13-/m0/s1.